The third-order valence-electron chi connectivity index (χ3n) is 3.70. The standard InChI is InChI=1S/C17H11N3O3S2/c21-14(12-7-4-8-23-12)19-20-16(22)11-9-13(10-5-2-1-3-6-10)25-15(11)18-17(20)24/h1-9,11H,(H,19,21). The molecule has 0 aliphatic carbocycles. The van der Waals surface area contributed by atoms with Crippen molar-refractivity contribution in [2.24, 2.45) is 10.9 Å². The molecule has 2 amide bonds. The number of nitrogens with zero attached hydrogens (tertiary/aromatic N) is 2. The third-order valence-corrected chi connectivity index (χ3v) is 5.12. The average molecular weight is 369 g/mol. The van der Waals surface area contributed by atoms with Gasteiger partial charge in [-0.2, -0.15) is 5.01 Å². The van der Waals surface area contributed by atoms with E-state index in [1.54, 1.807) is 6.07 Å². The Kier molecular flexibility index (Phi) is 3.98. The number of aliphatic imine (C=N–C) groups is 1. The highest BCUT2D eigenvalue weighted by Gasteiger charge is 2.40. The molecule has 0 radical (unpaired) electrons. The molecule has 1 N–H and O–H groups in total. The number of amides is 2. The van der Waals surface area contributed by atoms with Gasteiger partial charge >= 0.3 is 5.91 Å². The SMILES string of the molecule is O=C(NN1C(=O)C2C=C(c3ccccc3)SC2=NC1=S)c1ccco1. The Labute approximate surface area is 152 Å². The fraction of sp³-hybridized carbons (Fsp3) is 0.0588. The number of thioether (sulfide) groups is 1. The molecule has 8 heteroatoms. The second kappa shape index (κ2) is 6.30. The number of fused-ring (bicyclic) bond motifs is 1. The molecule has 124 valence electrons. The minimum Gasteiger partial charge on any atom is -0.459 e. The summed E-state index contributed by atoms with van der Waals surface area (Å²) in [4.78, 5) is 30.1. The summed E-state index contributed by atoms with van der Waals surface area (Å²) in [5.74, 6) is -1.36. The Morgan fingerprint density at radius 1 is 1.24 bits per heavy atom. The number of thiocarbonyl (C=S) groups is 1. The van der Waals surface area contributed by atoms with Crippen LogP contribution in [0.25, 0.3) is 4.91 Å². The van der Waals surface area contributed by atoms with Crippen molar-refractivity contribution in [1.82, 2.24) is 10.4 Å². The molecular weight excluding hydrogens is 358 g/mol. The third kappa shape index (κ3) is 2.90. The number of carbonyl (C=O) groups is 2. The van der Waals surface area contributed by atoms with E-state index < -0.39 is 11.8 Å². The first-order valence-electron chi connectivity index (χ1n) is 7.39. The van der Waals surface area contributed by atoms with Gasteiger partial charge in [0, 0.05) is 4.91 Å². The molecule has 3 heterocycles. The summed E-state index contributed by atoms with van der Waals surface area (Å²) in [6, 6.07) is 12.8. The molecule has 25 heavy (non-hydrogen) atoms. The lowest BCUT2D eigenvalue weighted by Gasteiger charge is -2.27. The zero-order chi connectivity index (χ0) is 17.4. The number of hydrogen-bond donors (Lipinski definition) is 1. The Bertz CT molecular complexity index is 920. The Hall–Kier alpha value is -2.71. The molecule has 1 atom stereocenters. The van der Waals surface area contributed by atoms with E-state index in [1.807, 2.05) is 36.4 Å². The smallest absolute Gasteiger partial charge is 0.305 e. The maximum absolute atomic E-state index is 12.8. The van der Waals surface area contributed by atoms with Crippen LogP contribution in [0.4, 0.5) is 0 Å². The lowest BCUT2D eigenvalue weighted by atomic mass is 10.1. The molecule has 4 rings (SSSR count). The minimum atomic E-state index is -0.558. The molecule has 0 bridgehead atoms. The van der Waals surface area contributed by atoms with Crippen molar-refractivity contribution in [2.45, 2.75) is 0 Å². The number of hydrazine groups is 1. The first-order valence-corrected chi connectivity index (χ1v) is 8.62. The number of furan rings is 1. The zero-order valence-corrected chi connectivity index (χ0v) is 14.3. The van der Waals surface area contributed by atoms with Crippen molar-refractivity contribution in [1.29, 1.82) is 0 Å². The molecule has 0 fully saturated rings. The van der Waals surface area contributed by atoms with Gasteiger partial charge in [0.1, 0.15) is 5.92 Å². The maximum atomic E-state index is 12.8. The van der Waals surface area contributed by atoms with Crippen LogP contribution in [0.2, 0.25) is 0 Å². The van der Waals surface area contributed by atoms with Gasteiger partial charge in [-0.05, 0) is 29.9 Å². The Morgan fingerprint density at radius 3 is 2.76 bits per heavy atom. The van der Waals surface area contributed by atoms with Crippen molar-refractivity contribution in [3.05, 3.63) is 66.1 Å². The highest BCUT2D eigenvalue weighted by molar-refractivity contribution is 8.22. The van der Waals surface area contributed by atoms with Gasteiger partial charge in [-0.15, -0.1) is 0 Å². The minimum absolute atomic E-state index is 0.00590. The number of carbonyl (C=O) groups excluding carboxylic acids is 2. The molecule has 1 aromatic heterocycles. The topological polar surface area (TPSA) is 74.9 Å². The van der Waals surface area contributed by atoms with Crippen LogP contribution in [0, 0.1) is 5.92 Å². The van der Waals surface area contributed by atoms with Gasteiger partial charge in [-0.1, -0.05) is 48.2 Å². The van der Waals surface area contributed by atoms with E-state index in [0.29, 0.717) is 5.04 Å². The van der Waals surface area contributed by atoms with Crippen molar-refractivity contribution in [2.75, 3.05) is 0 Å². The Morgan fingerprint density at radius 2 is 2.04 bits per heavy atom. The van der Waals surface area contributed by atoms with Crippen LogP contribution in [0.15, 0.2) is 64.2 Å². The van der Waals surface area contributed by atoms with Gasteiger partial charge in [-0.25, -0.2) is 4.99 Å². The van der Waals surface area contributed by atoms with Crippen molar-refractivity contribution in [3.63, 3.8) is 0 Å². The van der Waals surface area contributed by atoms with E-state index in [0.717, 1.165) is 15.5 Å². The summed E-state index contributed by atoms with van der Waals surface area (Å²) < 4.78 is 5.02. The second-order valence-electron chi connectivity index (χ2n) is 5.30. The Balaban J connectivity index is 1.58. The molecule has 0 saturated carbocycles. The first kappa shape index (κ1) is 15.8. The lowest BCUT2D eigenvalue weighted by molar-refractivity contribution is -0.130. The number of nitrogens with one attached hydrogen (secondary N) is 1. The highest BCUT2D eigenvalue weighted by atomic mass is 32.2. The van der Waals surface area contributed by atoms with Gasteiger partial charge in [0.25, 0.3) is 5.91 Å². The number of benzene rings is 1. The summed E-state index contributed by atoms with van der Waals surface area (Å²) in [6.07, 6.45) is 3.22. The monoisotopic (exact) mass is 369 g/mol. The maximum Gasteiger partial charge on any atom is 0.305 e. The van der Waals surface area contributed by atoms with Gasteiger partial charge < -0.3 is 4.42 Å². The van der Waals surface area contributed by atoms with E-state index in [2.05, 4.69) is 10.4 Å². The molecule has 2 aromatic rings. The van der Waals surface area contributed by atoms with Gasteiger partial charge in [0.05, 0.1) is 11.3 Å². The second-order valence-corrected chi connectivity index (χ2v) is 6.73. The van der Waals surface area contributed by atoms with Crippen LogP contribution < -0.4 is 5.43 Å². The van der Waals surface area contributed by atoms with Crippen molar-refractivity contribution >= 4 is 50.9 Å². The predicted molar refractivity (Wildman–Crippen MR) is 98.6 cm³/mol. The van der Waals surface area contributed by atoms with E-state index in [1.165, 1.54) is 24.1 Å². The van der Waals surface area contributed by atoms with Crippen molar-refractivity contribution < 1.29 is 14.0 Å². The first-order chi connectivity index (χ1) is 12.1. The van der Waals surface area contributed by atoms with Crippen LogP contribution in [0.5, 0.6) is 0 Å². The normalized spacial score (nSPS) is 19.4. The number of rotatable bonds is 3. The lowest BCUT2D eigenvalue weighted by Crippen LogP contribution is -2.53. The van der Waals surface area contributed by atoms with Crippen LogP contribution in [-0.4, -0.2) is 27.0 Å². The van der Waals surface area contributed by atoms with Crippen LogP contribution in [0.1, 0.15) is 16.1 Å². The van der Waals surface area contributed by atoms with E-state index in [9.17, 15) is 9.59 Å². The largest absolute Gasteiger partial charge is 0.459 e. The molecule has 2 aliphatic rings. The quantitative estimate of drug-likeness (QED) is 0.842. The molecule has 0 saturated heterocycles. The van der Waals surface area contributed by atoms with Gasteiger partial charge in [0.2, 0.25) is 5.11 Å². The number of hydrogen-bond acceptors (Lipinski definition) is 5. The molecule has 0 spiro atoms. The molecular formula is C17H11N3O3S2. The van der Waals surface area contributed by atoms with Crippen molar-refractivity contribution in [3.8, 4) is 0 Å². The summed E-state index contributed by atoms with van der Waals surface area (Å²) in [5.41, 5.74) is 3.46. The molecule has 2 aliphatic heterocycles. The van der Waals surface area contributed by atoms with Crippen LogP contribution in [-0.2, 0) is 4.79 Å². The summed E-state index contributed by atoms with van der Waals surface area (Å²) >= 11 is 6.59. The summed E-state index contributed by atoms with van der Waals surface area (Å²) in [5, 5.41) is 1.63. The molecule has 6 nitrogen and oxygen atoms in total. The van der Waals surface area contributed by atoms with Gasteiger partial charge in [0.15, 0.2) is 5.76 Å². The molecule has 1 aromatic carbocycles. The molecule has 1 unspecified atom stereocenters. The van der Waals surface area contributed by atoms with E-state index >= 15 is 0 Å². The fourth-order valence-electron chi connectivity index (χ4n) is 2.50. The van der Waals surface area contributed by atoms with Crippen LogP contribution >= 0.6 is 24.0 Å². The fourth-order valence-corrected chi connectivity index (χ4v) is 3.91. The van der Waals surface area contributed by atoms with E-state index in [4.69, 9.17) is 16.6 Å². The van der Waals surface area contributed by atoms with E-state index in [-0.39, 0.29) is 16.8 Å². The highest BCUT2D eigenvalue weighted by Crippen LogP contribution is 2.41. The average Bonchev–Trinajstić information content (AvgIpc) is 3.29. The van der Waals surface area contributed by atoms with Crippen LogP contribution in [0.3, 0.4) is 0 Å². The summed E-state index contributed by atoms with van der Waals surface area (Å²) in [6.45, 7) is 0. The van der Waals surface area contributed by atoms with Gasteiger partial charge in [-0.3, -0.25) is 15.0 Å². The predicted octanol–water partition coefficient (Wildman–Crippen LogP) is 2.85. The zero-order valence-electron chi connectivity index (χ0n) is 12.7. The summed E-state index contributed by atoms with van der Waals surface area (Å²) in [7, 11) is 0.